The van der Waals surface area contributed by atoms with Gasteiger partial charge in [-0.1, -0.05) is 22.0 Å². The Hall–Kier alpha value is -1.89. The maximum Gasteiger partial charge on any atom is 0.338 e. The molecule has 0 radical (unpaired) electrons. The number of carbonyl (C=O) groups is 3. The summed E-state index contributed by atoms with van der Waals surface area (Å²) in [5, 5.41) is 4.66. The molecule has 0 aliphatic carbocycles. The molecule has 1 aromatic rings. The maximum absolute atomic E-state index is 11.6. The van der Waals surface area contributed by atoms with E-state index in [4.69, 9.17) is 4.74 Å². The van der Waals surface area contributed by atoms with Crippen LogP contribution in [-0.2, 0) is 14.3 Å². The average Bonchev–Trinajstić information content (AvgIpc) is 2.41. The molecule has 0 atom stereocenters. The van der Waals surface area contributed by atoms with Crippen molar-refractivity contribution >= 4 is 33.7 Å². The first kappa shape index (κ1) is 15.2. The zero-order valence-corrected chi connectivity index (χ0v) is 11.8. The summed E-state index contributed by atoms with van der Waals surface area (Å²) in [7, 11) is 1.46. The smallest absolute Gasteiger partial charge is 0.338 e. The molecule has 0 aromatic heterocycles. The van der Waals surface area contributed by atoms with Gasteiger partial charge in [0.05, 0.1) is 12.1 Å². The van der Waals surface area contributed by atoms with Crippen LogP contribution >= 0.6 is 15.9 Å². The van der Waals surface area contributed by atoms with E-state index in [-0.39, 0.29) is 12.5 Å². The molecule has 0 unspecified atom stereocenters. The zero-order valence-electron chi connectivity index (χ0n) is 10.2. The summed E-state index contributed by atoms with van der Waals surface area (Å²) in [5.41, 5.74) is 0.341. The summed E-state index contributed by atoms with van der Waals surface area (Å²) in [6, 6.07) is 6.62. The standard InChI is InChI=1S/C12H13BrN2O4/c1-14-10(16)6-15-11(17)7-19-12(18)8-3-2-4-9(13)5-8/h2-5H,6-7H2,1H3,(H,14,16)(H,15,17). The summed E-state index contributed by atoms with van der Waals surface area (Å²) in [4.78, 5) is 33.8. The molecule has 0 heterocycles. The topological polar surface area (TPSA) is 84.5 Å². The number of nitrogens with one attached hydrogen (secondary N) is 2. The second-order valence-corrected chi connectivity index (χ2v) is 4.45. The Balaban J connectivity index is 2.38. The quantitative estimate of drug-likeness (QED) is 0.769. The molecule has 2 amide bonds. The first-order valence-corrected chi connectivity index (χ1v) is 6.22. The molecule has 0 saturated heterocycles. The molecule has 0 aliphatic heterocycles. The van der Waals surface area contributed by atoms with Crippen molar-refractivity contribution in [3.63, 3.8) is 0 Å². The van der Waals surface area contributed by atoms with Crippen molar-refractivity contribution < 1.29 is 19.1 Å². The third-order valence-electron chi connectivity index (χ3n) is 2.12. The fourth-order valence-corrected chi connectivity index (χ4v) is 1.55. The van der Waals surface area contributed by atoms with Crippen LogP contribution < -0.4 is 10.6 Å². The van der Waals surface area contributed by atoms with Crippen LogP contribution in [0.15, 0.2) is 28.7 Å². The van der Waals surface area contributed by atoms with E-state index in [0.717, 1.165) is 4.47 Å². The summed E-state index contributed by atoms with van der Waals surface area (Å²) in [6.07, 6.45) is 0. The summed E-state index contributed by atoms with van der Waals surface area (Å²) in [5.74, 6) is -1.46. The Morgan fingerprint density at radius 2 is 2.00 bits per heavy atom. The Morgan fingerprint density at radius 3 is 2.63 bits per heavy atom. The first-order valence-electron chi connectivity index (χ1n) is 5.43. The molecule has 7 heteroatoms. The lowest BCUT2D eigenvalue weighted by Crippen LogP contribution is -2.37. The van der Waals surface area contributed by atoms with E-state index in [9.17, 15) is 14.4 Å². The van der Waals surface area contributed by atoms with Gasteiger partial charge < -0.3 is 15.4 Å². The lowest BCUT2D eigenvalue weighted by molar-refractivity contribution is -0.127. The second-order valence-electron chi connectivity index (χ2n) is 3.54. The van der Waals surface area contributed by atoms with E-state index in [0.29, 0.717) is 5.56 Å². The van der Waals surface area contributed by atoms with Crippen molar-refractivity contribution in [3.8, 4) is 0 Å². The number of ether oxygens (including phenoxy) is 1. The van der Waals surface area contributed by atoms with Gasteiger partial charge in [-0.3, -0.25) is 9.59 Å². The number of likely N-dealkylation sites (N-methyl/N-ethyl adjacent to an activating group) is 1. The van der Waals surface area contributed by atoms with Gasteiger partial charge in [0.25, 0.3) is 5.91 Å². The Kier molecular flexibility index (Phi) is 6.01. The van der Waals surface area contributed by atoms with Crippen LogP contribution in [0.3, 0.4) is 0 Å². The highest BCUT2D eigenvalue weighted by Crippen LogP contribution is 2.12. The zero-order chi connectivity index (χ0) is 14.3. The van der Waals surface area contributed by atoms with Gasteiger partial charge in [0.15, 0.2) is 6.61 Å². The summed E-state index contributed by atoms with van der Waals surface area (Å²) in [6.45, 7) is -0.577. The number of benzene rings is 1. The van der Waals surface area contributed by atoms with Gasteiger partial charge in [0.2, 0.25) is 5.91 Å². The number of hydrogen-bond donors (Lipinski definition) is 2. The molecule has 0 bridgehead atoms. The minimum atomic E-state index is -0.601. The third-order valence-corrected chi connectivity index (χ3v) is 2.61. The van der Waals surface area contributed by atoms with Gasteiger partial charge in [0, 0.05) is 11.5 Å². The highest BCUT2D eigenvalue weighted by Gasteiger charge is 2.10. The van der Waals surface area contributed by atoms with Crippen LogP contribution in [0, 0.1) is 0 Å². The maximum atomic E-state index is 11.6. The number of halogens is 1. The second kappa shape index (κ2) is 7.52. The highest BCUT2D eigenvalue weighted by atomic mass is 79.9. The molecule has 0 saturated carbocycles. The van der Waals surface area contributed by atoms with Gasteiger partial charge in [-0.2, -0.15) is 0 Å². The molecule has 0 aliphatic rings. The Bertz CT molecular complexity index is 490. The SMILES string of the molecule is CNC(=O)CNC(=O)COC(=O)c1cccc(Br)c1. The van der Waals surface area contributed by atoms with Gasteiger partial charge in [-0.25, -0.2) is 4.79 Å². The minimum absolute atomic E-state index is 0.149. The van der Waals surface area contributed by atoms with Crippen LogP contribution in [0.1, 0.15) is 10.4 Å². The van der Waals surface area contributed by atoms with E-state index in [2.05, 4.69) is 26.6 Å². The summed E-state index contributed by atoms with van der Waals surface area (Å²) >= 11 is 3.23. The molecule has 0 spiro atoms. The van der Waals surface area contributed by atoms with E-state index < -0.39 is 18.5 Å². The van der Waals surface area contributed by atoms with Crippen LogP contribution in [-0.4, -0.2) is 38.0 Å². The first-order chi connectivity index (χ1) is 9.02. The Labute approximate surface area is 118 Å². The Morgan fingerprint density at radius 1 is 1.26 bits per heavy atom. The van der Waals surface area contributed by atoms with Crippen molar-refractivity contribution in [2.24, 2.45) is 0 Å². The third kappa shape index (κ3) is 5.52. The van der Waals surface area contributed by atoms with Crippen LogP contribution in [0.25, 0.3) is 0 Å². The van der Waals surface area contributed by atoms with Crippen LogP contribution in [0.2, 0.25) is 0 Å². The van der Waals surface area contributed by atoms with Crippen LogP contribution in [0.5, 0.6) is 0 Å². The van der Waals surface area contributed by atoms with Crippen molar-refractivity contribution in [2.75, 3.05) is 20.2 Å². The molecule has 19 heavy (non-hydrogen) atoms. The van der Waals surface area contributed by atoms with Crippen molar-refractivity contribution in [1.29, 1.82) is 0 Å². The lowest BCUT2D eigenvalue weighted by atomic mass is 10.2. The predicted octanol–water partition coefficient (Wildman–Crippen LogP) is 0.468. The van der Waals surface area contributed by atoms with Crippen molar-refractivity contribution in [2.45, 2.75) is 0 Å². The van der Waals surface area contributed by atoms with E-state index >= 15 is 0 Å². The van der Waals surface area contributed by atoms with E-state index in [1.54, 1.807) is 24.3 Å². The number of carbonyl (C=O) groups excluding carboxylic acids is 3. The minimum Gasteiger partial charge on any atom is -0.452 e. The fraction of sp³-hybridized carbons (Fsp3) is 0.250. The normalized spacial score (nSPS) is 9.58. The van der Waals surface area contributed by atoms with E-state index in [1.165, 1.54) is 7.05 Å². The average molecular weight is 329 g/mol. The van der Waals surface area contributed by atoms with Gasteiger partial charge in [-0.15, -0.1) is 0 Å². The van der Waals surface area contributed by atoms with Crippen LogP contribution in [0.4, 0.5) is 0 Å². The van der Waals surface area contributed by atoms with Crippen molar-refractivity contribution in [3.05, 3.63) is 34.3 Å². The molecular weight excluding hydrogens is 316 g/mol. The number of hydrogen-bond acceptors (Lipinski definition) is 4. The highest BCUT2D eigenvalue weighted by molar-refractivity contribution is 9.10. The fourth-order valence-electron chi connectivity index (χ4n) is 1.15. The predicted molar refractivity (Wildman–Crippen MR) is 71.5 cm³/mol. The monoisotopic (exact) mass is 328 g/mol. The molecular formula is C12H13BrN2O4. The van der Waals surface area contributed by atoms with Crippen molar-refractivity contribution in [1.82, 2.24) is 10.6 Å². The van der Waals surface area contributed by atoms with Gasteiger partial charge in [0.1, 0.15) is 0 Å². The lowest BCUT2D eigenvalue weighted by Gasteiger charge is -2.06. The number of amides is 2. The molecule has 2 N–H and O–H groups in total. The molecule has 6 nitrogen and oxygen atoms in total. The number of rotatable bonds is 5. The molecule has 1 aromatic carbocycles. The summed E-state index contributed by atoms with van der Waals surface area (Å²) < 4.78 is 5.55. The molecule has 1 rings (SSSR count). The van der Waals surface area contributed by atoms with Gasteiger partial charge >= 0.3 is 5.97 Å². The largest absolute Gasteiger partial charge is 0.452 e. The molecule has 102 valence electrons. The number of esters is 1. The molecule has 0 fully saturated rings. The van der Waals surface area contributed by atoms with E-state index in [1.807, 2.05) is 0 Å². The van der Waals surface area contributed by atoms with Gasteiger partial charge in [-0.05, 0) is 18.2 Å².